The molecule has 2 aliphatic carbocycles. The highest BCUT2D eigenvalue weighted by Crippen LogP contribution is 2.52. The van der Waals surface area contributed by atoms with Gasteiger partial charge in [0.05, 0.1) is 56.7 Å². The Hall–Kier alpha value is -2.54. The fourth-order valence-electron chi connectivity index (χ4n) is 5.40. The van der Waals surface area contributed by atoms with E-state index < -0.39 is 0 Å². The topological polar surface area (TPSA) is 75.0 Å². The number of imide groups is 1. The minimum absolute atomic E-state index is 0.0212. The monoisotopic (exact) mass is 381 g/mol. The van der Waals surface area contributed by atoms with Crippen molar-refractivity contribution < 1.29 is 19.3 Å². The number of amides is 3. The van der Waals surface area contributed by atoms with Crippen LogP contribution in [0.25, 0.3) is 0 Å². The van der Waals surface area contributed by atoms with E-state index >= 15 is 0 Å². The van der Waals surface area contributed by atoms with E-state index in [0.717, 1.165) is 26.1 Å². The van der Waals surface area contributed by atoms with Crippen LogP contribution in [-0.4, -0.2) is 71.8 Å². The van der Waals surface area contributed by atoms with Crippen molar-refractivity contribution >= 4 is 17.7 Å². The maximum Gasteiger partial charge on any atom is 0.255 e. The van der Waals surface area contributed by atoms with Gasteiger partial charge in [-0.25, -0.2) is 0 Å². The molecule has 0 spiro atoms. The molecule has 3 heterocycles. The van der Waals surface area contributed by atoms with Crippen LogP contribution < -0.4 is 4.90 Å². The summed E-state index contributed by atoms with van der Waals surface area (Å²) in [7, 11) is 0. The number of aromatic nitrogens is 1. The van der Waals surface area contributed by atoms with E-state index in [1.807, 2.05) is 4.90 Å². The minimum Gasteiger partial charge on any atom is -0.331 e. The largest absolute Gasteiger partial charge is 0.331 e. The summed E-state index contributed by atoms with van der Waals surface area (Å²) < 4.78 is 0. The Balaban J connectivity index is 1.14. The van der Waals surface area contributed by atoms with Crippen molar-refractivity contribution in [3.8, 4) is 0 Å². The SMILES string of the molecule is O=C(c1cccnc1)N1CC[NH+](CCN2C(=O)[C@@H]3[C@@H](C2=O)[C@H]2C=C[C@@H]3C2)CC1. The lowest BCUT2D eigenvalue weighted by molar-refractivity contribution is -0.903. The van der Waals surface area contributed by atoms with E-state index in [2.05, 4.69) is 17.1 Å². The third-order valence-electron chi connectivity index (χ3n) is 6.92. The summed E-state index contributed by atoms with van der Waals surface area (Å²) in [5.74, 6) is 0.427. The first-order chi connectivity index (χ1) is 13.6. The first-order valence-electron chi connectivity index (χ1n) is 10.2. The number of nitrogens with one attached hydrogen (secondary N) is 1. The molecular weight excluding hydrogens is 356 g/mol. The number of fused-ring (bicyclic) bond motifs is 5. The highest BCUT2D eigenvalue weighted by Gasteiger charge is 2.59. The molecule has 3 fully saturated rings. The van der Waals surface area contributed by atoms with Crippen molar-refractivity contribution in [2.45, 2.75) is 6.42 Å². The number of nitrogens with zero attached hydrogens (tertiary/aromatic N) is 3. The normalized spacial score (nSPS) is 31.7. The lowest BCUT2D eigenvalue weighted by Gasteiger charge is -2.33. The number of rotatable bonds is 4. The maximum absolute atomic E-state index is 12.8. The summed E-state index contributed by atoms with van der Waals surface area (Å²) in [6, 6.07) is 3.56. The van der Waals surface area contributed by atoms with E-state index in [9.17, 15) is 14.4 Å². The van der Waals surface area contributed by atoms with Crippen molar-refractivity contribution in [2.75, 3.05) is 39.3 Å². The average molecular weight is 381 g/mol. The predicted octanol–water partition coefficient (Wildman–Crippen LogP) is -0.771. The third kappa shape index (κ3) is 2.76. The molecule has 0 unspecified atom stereocenters. The van der Waals surface area contributed by atoms with Gasteiger partial charge in [-0.05, 0) is 30.4 Å². The molecule has 4 atom stereocenters. The molecule has 1 aromatic rings. The van der Waals surface area contributed by atoms with Gasteiger partial charge in [0.1, 0.15) is 0 Å². The van der Waals surface area contributed by atoms with Gasteiger partial charge in [0.25, 0.3) is 5.91 Å². The molecular formula is C21H25N4O3+. The Kier molecular flexibility index (Phi) is 4.27. The summed E-state index contributed by atoms with van der Waals surface area (Å²) >= 11 is 0. The van der Waals surface area contributed by atoms with Crippen molar-refractivity contribution in [1.82, 2.24) is 14.8 Å². The molecule has 4 aliphatic rings. The Bertz CT molecular complexity index is 801. The van der Waals surface area contributed by atoms with Crippen molar-refractivity contribution in [3.63, 3.8) is 0 Å². The van der Waals surface area contributed by atoms with Crippen molar-refractivity contribution in [3.05, 3.63) is 42.2 Å². The number of quaternary nitrogens is 1. The van der Waals surface area contributed by atoms with Crippen LogP contribution in [0.2, 0.25) is 0 Å². The molecule has 3 amide bonds. The lowest BCUT2D eigenvalue weighted by Crippen LogP contribution is -3.15. The molecule has 0 aromatic carbocycles. The molecule has 146 valence electrons. The van der Waals surface area contributed by atoms with Crippen LogP contribution in [0.5, 0.6) is 0 Å². The number of allylic oxidation sites excluding steroid dienone is 2. The Morgan fingerprint density at radius 1 is 1.11 bits per heavy atom. The van der Waals surface area contributed by atoms with Gasteiger partial charge in [-0.15, -0.1) is 0 Å². The summed E-state index contributed by atoms with van der Waals surface area (Å²) in [4.78, 5) is 46.8. The van der Waals surface area contributed by atoms with E-state index in [1.54, 1.807) is 24.5 Å². The van der Waals surface area contributed by atoms with Crippen LogP contribution >= 0.6 is 0 Å². The first-order valence-corrected chi connectivity index (χ1v) is 10.2. The van der Waals surface area contributed by atoms with Gasteiger partial charge in [0.15, 0.2) is 0 Å². The van der Waals surface area contributed by atoms with Crippen LogP contribution in [0.3, 0.4) is 0 Å². The van der Waals surface area contributed by atoms with E-state index in [0.29, 0.717) is 25.2 Å². The van der Waals surface area contributed by atoms with Crippen LogP contribution in [-0.2, 0) is 9.59 Å². The molecule has 2 bridgehead atoms. The van der Waals surface area contributed by atoms with Gasteiger partial charge < -0.3 is 9.80 Å². The highest BCUT2D eigenvalue weighted by atomic mass is 16.2. The number of hydrogen-bond acceptors (Lipinski definition) is 4. The number of carbonyl (C=O) groups is 3. The molecule has 28 heavy (non-hydrogen) atoms. The summed E-state index contributed by atoms with van der Waals surface area (Å²) in [6.45, 7) is 4.29. The van der Waals surface area contributed by atoms with Crippen molar-refractivity contribution in [2.24, 2.45) is 23.7 Å². The van der Waals surface area contributed by atoms with Gasteiger partial charge >= 0.3 is 0 Å². The molecule has 0 radical (unpaired) electrons. The summed E-state index contributed by atoms with van der Waals surface area (Å²) in [5.41, 5.74) is 0.619. The fourth-order valence-corrected chi connectivity index (χ4v) is 5.40. The number of hydrogen-bond donors (Lipinski definition) is 1. The first kappa shape index (κ1) is 17.6. The predicted molar refractivity (Wildman–Crippen MR) is 100 cm³/mol. The number of likely N-dealkylation sites (tertiary alicyclic amines) is 1. The standard InChI is InChI=1S/C21H24N4O3/c26-19(16-2-1-5-22-13-16)24-9-6-23(7-10-24)8-11-25-20(27)17-14-3-4-15(12-14)18(17)21(25)28/h1-5,13-15,17-18H,6-12H2/p+1/t14-,15+,17-,18-/m0/s1. The zero-order valence-corrected chi connectivity index (χ0v) is 15.8. The van der Waals surface area contributed by atoms with Gasteiger partial charge in [-0.2, -0.15) is 0 Å². The lowest BCUT2D eigenvalue weighted by atomic mass is 9.85. The Labute approximate surface area is 164 Å². The molecule has 1 aromatic heterocycles. The zero-order valence-electron chi connectivity index (χ0n) is 15.8. The molecule has 1 N–H and O–H groups in total. The zero-order chi connectivity index (χ0) is 19.3. The fraction of sp³-hybridized carbons (Fsp3) is 0.524. The number of carbonyl (C=O) groups excluding carboxylic acids is 3. The number of pyridine rings is 1. The molecule has 7 heteroatoms. The Morgan fingerprint density at radius 3 is 2.39 bits per heavy atom. The van der Waals surface area contributed by atoms with E-state index in [4.69, 9.17) is 0 Å². The average Bonchev–Trinajstić information content (AvgIpc) is 3.41. The summed E-state index contributed by atoms with van der Waals surface area (Å²) in [5, 5.41) is 0. The second-order valence-electron chi connectivity index (χ2n) is 8.36. The number of piperazine rings is 1. The molecule has 5 rings (SSSR count). The van der Waals surface area contributed by atoms with Gasteiger partial charge in [-0.3, -0.25) is 24.3 Å². The van der Waals surface area contributed by atoms with Crippen molar-refractivity contribution in [1.29, 1.82) is 0 Å². The van der Waals surface area contributed by atoms with E-state index in [-0.39, 0.29) is 41.4 Å². The van der Waals surface area contributed by atoms with Crippen LogP contribution in [0.15, 0.2) is 36.7 Å². The van der Waals surface area contributed by atoms with Gasteiger partial charge in [-0.1, -0.05) is 12.2 Å². The highest BCUT2D eigenvalue weighted by molar-refractivity contribution is 6.06. The molecule has 2 saturated heterocycles. The molecule has 2 aliphatic heterocycles. The second kappa shape index (κ2) is 6.81. The smallest absolute Gasteiger partial charge is 0.255 e. The molecule has 1 saturated carbocycles. The van der Waals surface area contributed by atoms with Crippen LogP contribution in [0.1, 0.15) is 16.8 Å². The second-order valence-corrected chi connectivity index (χ2v) is 8.36. The quantitative estimate of drug-likeness (QED) is 0.549. The third-order valence-corrected chi connectivity index (χ3v) is 6.92. The van der Waals surface area contributed by atoms with Crippen LogP contribution in [0, 0.1) is 23.7 Å². The van der Waals surface area contributed by atoms with E-state index in [1.165, 1.54) is 9.80 Å². The minimum atomic E-state index is -0.105. The van der Waals surface area contributed by atoms with Gasteiger partial charge in [0, 0.05) is 12.4 Å². The van der Waals surface area contributed by atoms with Gasteiger partial charge in [0.2, 0.25) is 11.8 Å². The van der Waals surface area contributed by atoms with Crippen LogP contribution in [0.4, 0.5) is 0 Å². The molecule has 7 nitrogen and oxygen atoms in total. The summed E-state index contributed by atoms with van der Waals surface area (Å²) in [6.07, 6.45) is 8.49. The Morgan fingerprint density at radius 2 is 1.79 bits per heavy atom. The maximum atomic E-state index is 12.8.